The summed E-state index contributed by atoms with van der Waals surface area (Å²) in [6, 6.07) is 10.6. The Balaban J connectivity index is 1.66. The van der Waals surface area contributed by atoms with Gasteiger partial charge in [0, 0.05) is 24.9 Å². The van der Waals surface area contributed by atoms with E-state index in [2.05, 4.69) is 15.3 Å². The van der Waals surface area contributed by atoms with Crippen LogP contribution >= 0.6 is 23.4 Å². The fraction of sp³-hybridized carbons (Fsp3) is 0.222. The normalized spacial score (nSPS) is 10.8. The third-order valence-corrected chi connectivity index (χ3v) is 4.90. The highest BCUT2D eigenvalue weighted by Crippen LogP contribution is 2.19. The number of carbonyl (C=O) groups is 1. The van der Waals surface area contributed by atoms with Crippen molar-refractivity contribution in [2.75, 3.05) is 11.1 Å². The van der Waals surface area contributed by atoms with Crippen LogP contribution in [0.25, 0.3) is 10.9 Å². The van der Waals surface area contributed by atoms with Crippen molar-refractivity contribution in [1.82, 2.24) is 14.5 Å². The monoisotopic (exact) mass is 388 g/mol. The lowest BCUT2D eigenvalue weighted by Gasteiger charge is -2.11. The molecule has 0 spiro atoms. The maximum atomic E-state index is 12.6. The van der Waals surface area contributed by atoms with Crippen LogP contribution in [0.5, 0.6) is 0 Å². The number of anilines is 1. The van der Waals surface area contributed by atoms with Crippen LogP contribution in [0.15, 0.2) is 52.5 Å². The van der Waals surface area contributed by atoms with E-state index in [-0.39, 0.29) is 17.9 Å². The van der Waals surface area contributed by atoms with E-state index in [4.69, 9.17) is 11.6 Å². The predicted octanol–water partition coefficient (Wildman–Crippen LogP) is 3.59. The summed E-state index contributed by atoms with van der Waals surface area (Å²) in [6.45, 7) is 2.43. The molecule has 0 aliphatic carbocycles. The van der Waals surface area contributed by atoms with E-state index in [0.717, 1.165) is 0 Å². The molecule has 2 aromatic heterocycles. The zero-order valence-corrected chi connectivity index (χ0v) is 15.7. The molecular formula is C18H17ClN4O2S. The van der Waals surface area contributed by atoms with Gasteiger partial charge in [0.1, 0.15) is 5.82 Å². The van der Waals surface area contributed by atoms with Gasteiger partial charge in [0.2, 0.25) is 5.91 Å². The largest absolute Gasteiger partial charge is 0.311 e. The number of pyridine rings is 1. The number of hydrogen-bond donors (Lipinski definition) is 1. The molecule has 3 aromatic rings. The van der Waals surface area contributed by atoms with E-state index in [1.807, 2.05) is 25.1 Å². The number of carbonyl (C=O) groups excluding carboxylic acids is 1. The maximum absolute atomic E-state index is 12.6. The Morgan fingerprint density at radius 3 is 2.81 bits per heavy atom. The van der Waals surface area contributed by atoms with Crippen molar-refractivity contribution in [1.29, 1.82) is 0 Å². The molecule has 1 N–H and O–H groups in total. The van der Waals surface area contributed by atoms with Gasteiger partial charge in [-0.2, -0.15) is 0 Å². The van der Waals surface area contributed by atoms with E-state index < -0.39 is 0 Å². The van der Waals surface area contributed by atoms with Crippen LogP contribution in [0.1, 0.15) is 13.3 Å². The highest BCUT2D eigenvalue weighted by molar-refractivity contribution is 7.99. The average molecular weight is 389 g/mol. The van der Waals surface area contributed by atoms with Crippen molar-refractivity contribution in [3.8, 4) is 0 Å². The number of nitrogens with zero attached hydrogens (tertiary/aromatic N) is 3. The van der Waals surface area contributed by atoms with Crippen LogP contribution in [0.2, 0.25) is 5.02 Å². The lowest BCUT2D eigenvalue weighted by Crippen LogP contribution is -2.22. The van der Waals surface area contributed by atoms with Gasteiger partial charge in [0.15, 0.2) is 5.16 Å². The van der Waals surface area contributed by atoms with Crippen LogP contribution in [-0.2, 0) is 11.3 Å². The fourth-order valence-corrected chi connectivity index (χ4v) is 3.54. The first-order valence-corrected chi connectivity index (χ1v) is 9.48. The number of hydrogen-bond acceptors (Lipinski definition) is 5. The molecular weight excluding hydrogens is 372 g/mol. The Morgan fingerprint density at radius 2 is 2.08 bits per heavy atom. The molecule has 3 rings (SSSR count). The van der Waals surface area contributed by atoms with Gasteiger partial charge in [0.05, 0.1) is 15.9 Å². The van der Waals surface area contributed by atoms with Gasteiger partial charge in [-0.25, -0.2) is 9.97 Å². The van der Waals surface area contributed by atoms with Gasteiger partial charge < -0.3 is 5.32 Å². The maximum Gasteiger partial charge on any atom is 0.262 e. The van der Waals surface area contributed by atoms with Crippen LogP contribution in [0, 0.1) is 0 Å². The van der Waals surface area contributed by atoms with Crippen molar-refractivity contribution < 1.29 is 4.79 Å². The molecule has 8 heteroatoms. The zero-order valence-electron chi connectivity index (χ0n) is 14.1. The molecule has 0 radical (unpaired) electrons. The predicted molar refractivity (Wildman–Crippen MR) is 105 cm³/mol. The van der Waals surface area contributed by atoms with E-state index >= 15 is 0 Å². The highest BCUT2D eigenvalue weighted by atomic mass is 35.5. The minimum Gasteiger partial charge on any atom is -0.311 e. The topological polar surface area (TPSA) is 76.9 Å². The summed E-state index contributed by atoms with van der Waals surface area (Å²) in [5, 5.41) is 4.45. The molecule has 1 amide bonds. The van der Waals surface area contributed by atoms with Crippen molar-refractivity contribution in [2.24, 2.45) is 0 Å². The Hall–Kier alpha value is -2.38. The van der Waals surface area contributed by atoms with Crippen molar-refractivity contribution in [3.05, 3.63) is 58.0 Å². The number of benzene rings is 1. The van der Waals surface area contributed by atoms with Crippen LogP contribution in [0.4, 0.5) is 5.82 Å². The molecule has 0 saturated carbocycles. The van der Waals surface area contributed by atoms with Crippen LogP contribution in [0.3, 0.4) is 0 Å². The lowest BCUT2D eigenvalue weighted by atomic mass is 10.2. The number of fused-ring (bicyclic) bond motifs is 1. The first-order chi connectivity index (χ1) is 12.6. The number of thioether (sulfide) groups is 1. The first kappa shape index (κ1) is 18.4. The fourth-order valence-electron chi connectivity index (χ4n) is 2.43. The number of aromatic nitrogens is 3. The number of amides is 1. The van der Waals surface area contributed by atoms with E-state index in [1.54, 1.807) is 22.8 Å². The Morgan fingerprint density at radius 1 is 1.27 bits per heavy atom. The van der Waals surface area contributed by atoms with Gasteiger partial charge in [-0.1, -0.05) is 35.5 Å². The SMILES string of the molecule is CCn1c(SCCC(=O)Nc2ccc(Cl)cn2)nc2ccccc2c1=O. The Kier molecular flexibility index (Phi) is 5.90. The number of rotatable bonds is 6. The molecule has 134 valence electrons. The molecule has 2 heterocycles. The molecule has 0 bridgehead atoms. The van der Waals surface area contributed by atoms with Crippen molar-refractivity contribution >= 4 is 46.0 Å². The quantitative estimate of drug-likeness (QED) is 0.515. The molecule has 0 saturated heterocycles. The minimum absolute atomic E-state index is 0.0598. The minimum atomic E-state index is -0.154. The third-order valence-electron chi connectivity index (χ3n) is 3.70. The highest BCUT2D eigenvalue weighted by Gasteiger charge is 2.11. The van der Waals surface area contributed by atoms with E-state index in [9.17, 15) is 9.59 Å². The Bertz CT molecular complexity index is 989. The van der Waals surface area contributed by atoms with E-state index in [0.29, 0.717) is 39.2 Å². The zero-order chi connectivity index (χ0) is 18.5. The smallest absolute Gasteiger partial charge is 0.262 e. The number of halogens is 1. The molecule has 0 unspecified atom stereocenters. The summed E-state index contributed by atoms with van der Waals surface area (Å²) < 4.78 is 1.63. The first-order valence-electron chi connectivity index (χ1n) is 8.12. The van der Waals surface area contributed by atoms with Gasteiger partial charge in [0.25, 0.3) is 5.56 Å². The molecule has 0 fully saturated rings. The summed E-state index contributed by atoms with van der Waals surface area (Å²) in [4.78, 5) is 33.2. The Labute approximate surface area is 159 Å². The second kappa shape index (κ2) is 8.33. The third kappa shape index (κ3) is 4.23. The van der Waals surface area contributed by atoms with Gasteiger partial charge >= 0.3 is 0 Å². The van der Waals surface area contributed by atoms with Gasteiger partial charge in [-0.3, -0.25) is 14.2 Å². The van der Waals surface area contributed by atoms with Crippen molar-refractivity contribution in [2.45, 2.75) is 25.0 Å². The lowest BCUT2D eigenvalue weighted by molar-refractivity contribution is -0.115. The van der Waals surface area contributed by atoms with Gasteiger partial charge in [-0.05, 0) is 31.2 Å². The summed E-state index contributed by atoms with van der Waals surface area (Å²) in [6.07, 6.45) is 1.76. The second-order valence-electron chi connectivity index (χ2n) is 5.47. The second-order valence-corrected chi connectivity index (χ2v) is 6.97. The van der Waals surface area contributed by atoms with Gasteiger partial charge in [-0.15, -0.1) is 0 Å². The molecule has 0 aliphatic rings. The average Bonchev–Trinajstić information content (AvgIpc) is 2.64. The molecule has 26 heavy (non-hydrogen) atoms. The molecule has 1 aromatic carbocycles. The molecule has 6 nitrogen and oxygen atoms in total. The number of nitrogens with one attached hydrogen (secondary N) is 1. The van der Waals surface area contributed by atoms with E-state index in [1.165, 1.54) is 18.0 Å². The summed E-state index contributed by atoms with van der Waals surface area (Å²) in [5.74, 6) is 0.807. The van der Waals surface area contributed by atoms with Crippen LogP contribution in [-0.4, -0.2) is 26.2 Å². The summed E-state index contributed by atoms with van der Waals surface area (Å²) in [5.41, 5.74) is 0.606. The molecule has 0 atom stereocenters. The van der Waals surface area contributed by atoms with Crippen LogP contribution < -0.4 is 10.9 Å². The standard InChI is InChI=1S/C18H17ClN4O2S/c1-2-23-17(25)13-5-3-4-6-14(13)21-18(23)26-10-9-16(24)22-15-8-7-12(19)11-20-15/h3-8,11H,2,9-10H2,1H3,(H,20,22,24). The number of para-hydroxylation sites is 1. The molecule has 0 aliphatic heterocycles. The van der Waals surface area contributed by atoms with Crippen molar-refractivity contribution in [3.63, 3.8) is 0 Å². The summed E-state index contributed by atoms with van der Waals surface area (Å²) in [7, 11) is 0. The summed E-state index contributed by atoms with van der Waals surface area (Å²) >= 11 is 7.16.